The van der Waals surface area contributed by atoms with Crippen LogP contribution in [0.15, 0.2) is 48.5 Å². The van der Waals surface area contributed by atoms with Gasteiger partial charge in [-0.2, -0.15) is 4.98 Å². The molecule has 0 bridgehead atoms. The van der Waals surface area contributed by atoms with E-state index in [1.807, 2.05) is 0 Å². The number of benzene rings is 2. The number of nitrogens with one attached hydrogen (secondary N) is 2. The summed E-state index contributed by atoms with van der Waals surface area (Å²) in [5.41, 5.74) is 1.14. The lowest BCUT2D eigenvalue weighted by atomic mass is 10.1. The lowest BCUT2D eigenvalue weighted by Gasteiger charge is -2.22. The van der Waals surface area contributed by atoms with E-state index in [0.717, 1.165) is 5.56 Å². The van der Waals surface area contributed by atoms with Crippen LogP contribution in [-0.4, -0.2) is 33.7 Å². The molecule has 0 spiro atoms. The van der Waals surface area contributed by atoms with Crippen LogP contribution >= 0.6 is 0 Å². The van der Waals surface area contributed by atoms with Crippen molar-refractivity contribution in [2.24, 2.45) is 0 Å². The molecule has 28 heavy (non-hydrogen) atoms. The van der Waals surface area contributed by atoms with Crippen LogP contribution in [0.1, 0.15) is 12.5 Å². The second-order valence-corrected chi connectivity index (χ2v) is 6.20. The van der Waals surface area contributed by atoms with Gasteiger partial charge in [0.1, 0.15) is 17.6 Å². The smallest absolute Gasteiger partial charge is 0.249 e. The lowest BCUT2D eigenvalue weighted by molar-refractivity contribution is -0.125. The molecular formula is C19H16FN5O3. The van der Waals surface area contributed by atoms with Gasteiger partial charge in [0.05, 0.1) is 13.5 Å². The quantitative estimate of drug-likeness (QED) is 0.724. The Hall–Kier alpha value is -3.75. The van der Waals surface area contributed by atoms with Crippen molar-refractivity contribution in [1.29, 1.82) is 0 Å². The molecular weight excluding hydrogens is 365 g/mol. The number of methoxy groups -OCH3 is 1. The van der Waals surface area contributed by atoms with E-state index in [0.29, 0.717) is 17.3 Å². The molecule has 0 radical (unpaired) electrons. The van der Waals surface area contributed by atoms with E-state index in [1.165, 1.54) is 28.9 Å². The van der Waals surface area contributed by atoms with Crippen LogP contribution < -0.4 is 15.4 Å². The highest BCUT2D eigenvalue weighted by Gasteiger charge is 2.33. The van der Waals surface area contributed by atoms with Crippen molar-refractivity contribution in [3.05, 3.63) is 54.3 Å². The number of hydrogen-bond donors (Lipinski definition) is 2. The highest BCUT2D eigenvalue weighted by Crippen LogP contribution is 2.28. The minimum Gasteiger partial charge on any atom is -0.497 e. The van der Waals surface area contributed by atoms with Gasteiger partial charge in [0.2, 0.25) is 17.8 Å². The zero-order chi connectivity index (χ0) is 19.7. The van der Waals surface area contributed by atoms with Gasteiger partial charge in [-0.3, -0.25) is 14.9 Å². The van der Waals surface area contributed by atoms with Crippen molar-refractivity contribution in [1.82, 2.24) is 14.8 Å². The third-order valence-corrected chi connectivity index (χ3v) is 4.32. The summed E-state index contributed by atoms with van der Waals surface area (Å²) in [6.45, 7) is 0. The fourth-order valence-electron chi connectivity index (χ4n) is 2.89. The first-order chi connectivity index (χ1) is 13.5. The molecule has 2 amide bonds. The summed E-state index contributed by atoms with van der Waals surface area (Å²) in [7, 11) is 1.57. The Kier molecular flexibility index (Phi) is 4.48. The average Bonchev–Trinajstić information content (AvgIpc) is 3.13. The third kappa shape index (κ3) is 3.41. The number of rotatable bonds is 4. The molecule has 8 nitrogen and oxygen atoms in total. The number of aromatic nitrogens is 3. The summed E-state index contributed by atoms with van der Waals surface area (Å²) in [4.78, 5) is 29.1. The van der Waals surface area contributed by atoms with Crippen molar-refractivity contribution in [2.75, 3.05) is 17.7 Å². The first kappa shape index (κ1) is 17.7. The van der Waals surface area contributed by atoms with Gasteiger partial charge in [-0.25, -0.2) is 9.07 Å². The number of amides is 2. The maximum absolute atomic E-state index is 13.0. The molecule has 2 N–H and O–H groups in total. The maximum atomic E-state index is 13.0. The largest absolute Gasteiger partial charge is 0.497 e. The van der Waals surface area contributed by atoms with E-state index in [4.69, 9.17) is 4.74 Å². The fraction of sp³-hybridized carbons (Fsp3) is 0.158. The molecule has 1 atom stereocenters. The van der Waals surface area contributed by atoms with Gasteiger partial charge in [0.15, 0.2) is 5.82 Å². The Morgan fingerprint density at radius 2 is 1.93 bits per heavy atom. The molecule has 4 rings (SSSR count). The summed E-state index contributed by atoms with van der Waals surface area (Å²) in [5, 5.41) is 9.70. The normalized spacial score (nSPS) is 15.5. The average molecular weight is 381 g/mol. The van der Waals surface area contributed by atoms with Gasteiger partial charge in [0, 0.05) is 11.3 Å². The number of anilines is 2. The summed E-state index contributed by atoms with van der Waals surface area (Å²) < 4.78 is 19.6. The Bertz CT molecular complexity index is 1030. The number of halogens is 1. The molecule has 142 valence electrons. The first-order valence-electron chi connectivity index (χ1n) is 8.51. The SMILES string of the molecule is COc1ccc(-c2nc3n(n2)C(C(=O)Nc2ccc(F)cc2)CC(=O)N3)cc1. The Balaban J connectivity index is 1.62. The summed E-state index contributed by atoms with van der Waals surface area (Å²) in [6.07, 6.45) is -0.0779. The molecule has 1 aliphatic heterocycles. The standard InChI is InChI=1S/C19H16FN5O3/c1-28-14-8-2-11(3-9-14)17-23-19-22-16(26)10-15(25(19)24-17)18(27)21-13-6-4-12(20)5-7-13/h2-9,15H,10H2,1H3,(H,21,27)(H,22,23,24,26). The minimum absolute atomic E-state index is 0.0779. The highest BCUT2D eigenvalue weighted by molar-refractivity contribution is 6.00. The van der Waals surface area contributed by atoms with Crippen LogP contribution in [0.5, 0.6) is 5.75 Å². The fourth-order valence-corrected chi connectivity index (χ4v) is 2.89. The van der Waals surface area contributed by atoms with E-state index in [1.54, 1.807) is 31.4 Å². The van der Waals surface area contributed by atoms with Gasteiger partial charge >= 0.3 is 0 Å². The molecule has 0 saturated heterocycles. The van der Waals surface area contributed by atoms with E-state index < -0.39 is 17.8 Å². The van der Waals surface area contributed by atoms with Gasteiger partial charge in [-0.15, -0.1) is 5.10 Å². The van der Waals surface area contributed by atoms with Crippen molar-refractivity contribution in [3.8, 4) is 17.1 Å². The number of nitrogens with zero attached hydrogens (tertiary/aromatic N) is 3. The van der Waals surface area contributed by atoms with Crippen molar-refractivity contribution >= 4 is 23.5 Å². The molecule has 1 unspecified atom stereocenters. The first-order valence-corrected chi connectivity index (χ1v) is 8.51. The molecule has 2 heterocycles. The zero-order valence-electron chi connectivity index (χ0n) is 14.8. The summed E-state index contributed by atoms with van der Waals surface area (Å²) in [5.74, 6) is 0.0883. The van der Waals surface area contributed by atoms with E-state index in [2.05, 4.69) is 20.7 Å². The lowest BCUT2D eigenvalue weighted by Crippen LogP contribution is -2.36. The van der Waals surface area contributed by atoms with Crippen LogP contribution in [0.2, 0.25) is 0 Å². The molecule has 2 aromatic carbocycles. The number of fused-ring (bicyclic) bond motifs is 1. The van der Waals surface area contributed by atoms with Crippen LogP contribution in [0.4, 0.5) is 16.0 Å². The van der Waals surface area contributed by atoms with Crippen LogP contribution in [0.25, 0.3) is 11.4 Å². The van der Waals surface area contributed by atoms with E-state index in [-0.39, 0.29) is 18.3 Å². The molecule has 0 aliphatic carbocycles. The second kappa shape index (κ2) is 7.10. The number of carbonyl (C=O) groups excluding carboxylic acids is 2. The van der Waals surface area contributed by atoms with Crippen molar-refractivity contribution < 1.29 is 18.7 Å². The third-order valence-electron chi connectivity index (χ3n) is 4.32. The number of ether oxygens (including phenoxy) is 1. The highest BCUT2D eigenvalue weighted by atomic mass is 19.1. The van der Waals surface area contributed by atoms with Gasteiger partial charge in [-0.1, -0.05) is 0 Å². The molecule has 9 heteroatoms. The van der Waals surface area contributed by atoms with Crippen LogP contribution in [0.3, 0.4) is 0 Å². The molecule has 0 fully saturated rings. The minimum atomic E-state index is -0.867. The topological polar surface area (TPSA) is 98.1 Å². The molecule has 1 aromatic heterocycles. The van der Waals surface area contributed by atoms with Crippen LogP contribution in [-0.2, 0) is 9.59 Å². The monoisotopic (exact) mass is 381 g/mol. The molecule has 0 saturated carbocycles. The van der Waals surface area contributed by atoms with E-state index in [9.17, 15) is 14.0 Å². The zero-order valence-corrected chi connectivity index (χ0v) is 14.8. The van der Waals surface area contributed by atoms with Gasteiger partial charge in [0.25, 0.3) is 0 Å². The molecule has 1 aliphatic rings. The summed E-state index contributed by atoms with van der Waals surface area (Å²) in [6, 6.07) is 11.6. The predicted molar refractivity (Wildman–Crippen MR) is 99.3 cm³/mol. The van der Waals surface area contributed by atoms with Crippen molar-refractivity contribution in [3.63, 3.8) is 0 Å². The number of carbonyl (C=O) groups is 2. The second-order valence-electron chi connectivity index (χ2n) is 6.20. The van der Waals surface area contributed by atoms with Gasteiger partial charge < -0.3 is 10.1 Å². The Morgan fingerprint density at radius 1 is 1.21 bits per heavy atom. The number of hydrogen-bond acceptors (Lipinski definition) is 5. The van der Waals surface area contributed by atoms with E-state index >= 15 is 0 Å². The maximum Gasteiger partial charge on any atom is 0.249 e. The van der Waals surface area contributed by atoms with Crippen LogP contribution in [0, 0.1) is 5.82 Å². The van der Waals surface area contributed by atoms with Crippen molar-refractivity contribution in [2.45, 2.75) is 12.5 Å². The Morgan fingerprint density at radius 3 is 2.61 bits per heavy atom. The summed E-state index contributed by atoms with van der Waals surface area (Å²) >= 11 is 0. The van der Waals surface area contributed by atoms with Gasteiger partial charge in [-0.05, 0) is 48.5 Å². The molecule has 3 aromatic rings. The predicted octanol–water partition coefficient (Wildman–Crippen LogP) is 2.61. The Labute approximate surface area is 159 Å².